The fourth-order valence-electron chi connectivity index (χ4n) is 2.24. The molecule has 4 heteroatoms. The van der Waals surface area contributed by atoms with Crippen LogP contribution in [0.15, 0.2) is 30.3 Å². The quantitative estimate of drug-likeness (QED) is 0.754. The van der Waals surface area contributed by atoms with Gasteiger partial charge < -0.3 is 15.5 Å². The van der Waals surface area contributed by atoms with E-state index in [1.807, 2.05) is 32.3 Å². The van der Waals surface area contributed by atoms with Crippen LogP contribution in [-0.2, 0) is 4.79 Å². The van der Waals surface area contributed by atoms with Gasteiger partial charge in [0.1, 0.15) is 0 Å². The summed E-state index contributed by atoms with van der Waals surface area (Å²) < 4.78 is 0. The fraction of sp³-hybridized carbons (Fsp3) is 0.562. The van der Waals surface area contributed by atoms with Gasteiger partial charge in [0.05, 0.1) is 12.6 Å². The Morgan fingerprint density at radius 2 is 2.00 bits per heavy atom. The predicted molar refractivity (Wildman–Crippen MR) is 81.5 cm³/mol. The first-order chi connectivity index (χ1) is 9.65. The van der Waals surface area contributed by atoms with E-state index in [1.54, 1.807) is 0 Å². The molecule has 2 rings (SSSR count). The molecular formula is C16H25N3O. The van der Waals surface area contributed by atoms with Crippen LogP contribution in [0.5, 0.6) is 0 Å². The van der Waals surface area contributed by atoms with E-state index in [1.165, 1.54) is 12.8 Å². The van der Waals surface area contributed by atoms with E-state index >= 15 is 0 Å². The van der Waals surface area contributed by atoms with Crippen molar-refractivity contribution in [3.63, 3.8) is 0 Å². The van der Waals surface area contributed by atoms with Crippen LogP contribution in [0.2, 0.25) is 0 Å². The van der Waals surface area contributed by atoms with E-state index < -0.39 is 0 Å². The second-order valence-corrected chi connectivity index (χ2v) is 5.87. The first-order valence-corrected chi connectivity index (χ1v) is 7.35. The number of likely N-dealkylation sites (N-methyl/N-ethyl adjacent to an activating group) is 1. The molecule has 20 heavy (non-hydrogen) atoms. The molecule has 1 amide bonds. The van der Waals surface area contributed by atoms with Gasteiger partial charge in [-0.25, -0.2) is 0 Å². The SMILES string of the molecule is CN(C)CC(NC(=O)CNCC1CC1)c1ccccc1. The Bertz CT molecular complexity index is 415. The van der Waals surface area contributed by atoms with Gasteiger partial charge in [-0.15, -0.1) is 0 Å². The van der Waals surface area contributed by atoms with E-state index in [-0.39, 0.29) is 11.9 Å². The topological polar surface area (TPSA) is 44.4 Å². The molecular weight excluding hydrogens is 250 g/mol. The van der Waals surface area contributed by atoms with Crippen molar-refractivity contribution in [2.75, 3.05) is 33.7 Å². The van der Waals surface area contributed by atoms with Crippen molar-refractivity contribution in [1.29, 1.82) is 0 Å². The number of hydrogen-bond donors (Lipinski definition) is 2. The van der Waals surface area contributed by atoms with Crippen LogP contribution in [0.4, 0.5) is 0 Å². The summed E-state index contributed by atoms with van der Waals surface area (Å²) in [6.07, 6.45) is 2.61. The third-order valence-corrected chi connectivity index (χ3v) is 3.50. The number of hydrogen-bond acceptors (Lipinski definition) is 3. The molecule has 2 N–H and O–H groups in total. The van der Waals surface area contributed by atoms with Gasteiger partial charge in [-0.2, -0.15) is 0 Å². The van der Waals surface area contributed by atoms with Crippen LogP contribution >= 0.6 is 0 Å². The first-order valence-electron chi connectivity index (χ1n) is 7.35. The number of carbonyl (C=O) groups is 1. The molecule has 0 saturated heterocycles. The molecule has 1 fully saturated rings. The zero-order chi connectivity index (χ0) is 14.4. The summed E-state index contributed by atoms with van der Waals surface area (Å²) in [7, 11) is 4.04. The van der Waals surface area contributed by atoms with Crippen molar-refractivity contribution in [1.82, 2.24) is 15.5 Å². The summed E-state index contributed by atoms with van der Waals surface area (Å²) in [6.45, 7) is 2.18. The van der Waals surface area contributed by atoms with Gasteiger partial charge in [0, 0.05) is 6.54 Å². The Labute approximate surface area is 121 Å². The maximum atomic E-state index is 12.0. The van der Waals surface area contributed by atoms with Crippen LogP contribution < -0.4 is 10.6 Å². The summed E-state index contributed by atoms with van der Waals surface area (Å²) in [5, 5.41) is 6.35. The lowest BCUT2D eigenvalue weighted by Gasteiger charge is -2.23. The minimum Gasteiger partial charge on any atom is -0.347 e. The van der Waals surface area contributed by atoms with Crippen molar-refractivity contribution in [2.24, 2.45) is 5.92 Å². The number of nitrogens with zero attached hydrogens (tertiary/aromatic N) is 1. The van der Waals surface area contributed by atoms with E-state index in [2.05, 4.69) is 27.7 Å². The van der Waals surface area contributed by atoms with E-state index in [9.17, 15) is 4.79 Å². The van der Waals surface area contributed by atoms with E-state index in [4.69, 9.17) is 0 Å². The monoisotopic (exact) mass is 275 g/mol. The van der Waals surface area contributed by atoms with Crippen molar-refractivity contribution in [3.05, 3.63) is 35.9 Å². The number of benzene rings is 1. The van der Waals surface area contributed by atoms with Crippen molar-refractivity contribution < 1.29 is 4.79 Å². The third kappa shape index (κ3) is 5.31. The normalized spacial score (nSPS) is 16.1. The second-order valence-electron chi connectivity index (χ2n) is 5.87. The highest BCUT2D eigenvalue weighted by molar-refractivity contribution is 5.78. The lowest BCUT2D eigenvalue weighted by atomic mass is 10.1. The Hall–Kier alpha value is -1.39. The largest absolute Gasteiger partial charge is 0.347 e. The summed E-state index contributed by atoms with van der Waals surface area (Å²) >= 11 is 0. The standard InChI is InChI=1S/C16H25N3O/c1-19(2)12-15(14-6-4-3-5-7-14)18-16(20)11-17-10-13-8-9-13/h3-7,13,15,17H,8-12H2,1-2H3,(H,18,20). The third-order valence-electron chi connectivity index (χ3n) is 3.50. The van der Waals surface area contributed by atoms with Crippen LogP contribution in [0.25, 0.3) is 0 Å². The summed E-state index contributed by atoms with van der Waals surface area (Å²) in [4.78, 5) is 14.1. The minimum atomic E-state index is 0.0430. The molecule has 0 spiro atoms. The molecule has 110 valence electrons. The molecule has 0 radical (unpaired) electrons. The molecule has 0 bridgehead atoms. The zero-order valence-electron chi connectivity index (χ0n) is 12.4. The van der Waals surface area contributed by atoms with Crippen LogP contribution in [0.1, 0.15) is 24.4 Å². The van der Waals surface area contributed by atoms with Crippen LogP contribution in [0, 0.1) is 5.92 Å². The summed E-state index contributed by atoms with van der Waals surface area (Å²) in [6, 6.07) is 10.2. The average molecular weight is 275 g/mol. The Morgan fingerprint density at radius 3 is 2.60 bits per heavy atom. The Balaban J connectivity index is 1.84. The van der Waals surface area contributed by atoms with Gasteiger partial charge in [0.25, 0.3) is 0 Å². The predicted octanol–water partition coefficient (Wildman–Crippen LogP) is 1.41. The molecule has 0 aromatic heterocycles. The maximum absolute atomic E-state index is 12.0. The highest BCUT2D eigenvalue weighted by Gasteiger charge is 2.21. The molecule has 1 aromatic carbocycles. The van der Waals surface area contributed by atoms with Crippen LogP contribution in [0.3, 0.4) is 0 Å². The van der Waals surface area contributed by atoms with Crippen molar-refractivity contribution in [2.45, 2.75) is 18.9 Å². The Kier molecular flexibility index (Phi) is 5.56. The van der Waals surface area contributed by atoms with Crippen LogP contribution in [-0.4, -0.2) is 44.5 Å². The van der Waals surface area contributed by atoms with E-state index in [0.29, 0.717) is 6.54 Å². The molecule has 1 saturated carbocycles. The number of amides is 1. The van der Waals surface area contributed by atoms with E-state index in [0.717, 1.165) is 24.6 Å². The molecule has 0 heterocycles. The Morgan fingerprint density at radius 1 is 1.30 bits per heavy atom. The van der Waals surface area contributed by atoms with Gasteiger partial charge in [-0.05, 0) is 45.0 Å². The fourth-order valence-corrected chi connectivity index (χ4v) is 2.24. The van der Waals surface area contributed by atoms with Gasteiger partial charge in [-0.1, -0.05) is 30.3 Å². The minimum absolute atomic E-state index is 0.0430. The van der Waals surface area contributed by atoms with Gasteiger partial charge in [0.15, 0.2) is 0 Å². The number of rotatable bonds is 8. The average Bonchev–Trinajstić information content (AvgIpc) is 3.23. The molecule has 1 aliphatic carbocycles. The highest BCUT2D eigenvalue weighted by Crippen LogP contribution is 2.27. The summed E-state index contributed by atoms with van der Waals surface area (Å²) in [5.74, 6) is 0.871. The molecule has 1 aliphatic rings. The van der Waals surface area contributed by atoms with Gasteiger partial charge in [-0.3, -0.25) is 4.79 Å². The van der Waals surface area contributed by atoms with Crippen molar-refractivity contribution >= 4 is 5.91 Å². The number of nitrogens with one attached hydrogen (secondary N) is 2. The van der Waals surface area contributed by atoms with Crippen molar-refractivity contribution in [3.8, 4) is 0 Å². The zero-order valence-corrected chi connectivity index (χ0v) is 12.4. The second kappa shape index (κ2) is 7.41. The van der Waals surface area contributed by atoms with Gasteiger partial charge in [0.2, 0.25) is 5.91 Å². The lowest BCUT2D eigenvalue weighted by Crippen LogP contribution is -2.40. The number of carbonyl (C=O) groups excluding carboxylic acids is 1. The highest BCUT2D eigenvalue weighted by atomic mass is 16.2. The molecule has 1 aromatic rings. The smallest absolute Gasteiger partial charge is 0.234 e. The molecule has 4 nitrogen and oxygen atoms in total. The lowest BCUT2D eigenvalue weighted by molar-refractivity contribution is -0.121. The first kappa shape index (κ1) is 15.0. The molecule has 1 unspecified atom stereocenters. The maximum Gasteiger partial charge on any atom is 0.234 e. The van der Waals surface area contributed by atoms with Gasteiger partial charge >= 0.3 is 0 Å². The molecule has 0 aliphatic heterocycles. The molecule has 1 atom stereocenters. The summed E-state index contributed by atoms with van der Waals surface area (Å²) in [5.41, 5.74) is 1.15.